The van der Waals surface area contributed by atoms with Crippen LogP contribution in [0.25, 0.3) is 21.9 Å². The van der Waals surface area contributed by atoms with E-state index in [1.54, 1.807) is 23.8 Å². The van der Waals surface area contributed by atoms with Crippen LogP contribution in [0.15, 0.2) is 40.8 Å². The molecule has 0 aliphatic carbocycles. The Hall–Kier alpha value is -1.69. The molecule has 3 nitrogen and oxygen atoms in total. The van der Waals surface area contributed by atoms with Crippen molar-refractivity contribution in [3.8, 4) is 0 Å². The van der Waals surface area contributed by atoms with Gasteiger partial charge in [0, 0.05) is 0 Å². The average molecular weight is 218 g/mol. The molecule has 78 valence electrons. The van der Waals surface area contributed by atoms with Crippen molar-refractivity contribution in [3.05, 3.63) is 42.0 Å². The number of hydrogen-bond acceptors (Lipinski definition) is 2. The predicted octanol–water partition coefficient (Wildman–Crippen LogP) is 2.08. The van der Waals surface area contributed by atoms with Gasteiger partial charge in [-0.3, -0.25) is 0 Å². The van der Waals surface area contributed by atoms with Crippen molar-refractivity contribution in [2.45, 2.75) is 0 Å². The average Bonchev–Trinajstić information content (AvgIpc) is 2.67. The number of carboxylic acid groups (broad SMARTS) is 1. The molecule has 0 saturated heterocycles. The van der Waals surface area contributed by atoms with Gasteiger partial charge in [0.2, 0.25) is 0 Å². The summed E-state index contributed by atoms with van der Waals surface area (Å²) in [6.07, 6.45) is 0. The predicted molar refractivity (Wildman–Crippen MR) is 66.1 cm³/mol. The molecule has 1 aromatic heterocycles. The topological polar surface area (TPSA) is 50.4 Å². The zero-order valence-electron chi connectivity index (χ0n) is 9.23. The fraction of sp³-hybridized carbons (Fsp3) is 0. The molecule has 17 heavy (non-hydrogen) atoms. The quantitative estimate of drug-likeness (QED) is 0.636. The van der Waals surface area contributed by atoms with Gasteiger partial charge >= 0.3 is 106 Å². The number of carboxylic acids is 1. The zero-order valence-corrected chi connectivity index (χ0v) is 9.23. The van der Waals surface area contributed by atoms with Crippen LogP contribution in [0, 0.1) is 0 Å². The zero-order chi connectivity index (χ0) is 12.0. The minimum atomic E-state index is -0.917. The van der Waals surface area contributed by atoms with E-state index < -0.39 is 5.97 Å². The van der Waals surface area contributed by atoms with Gasteiger partial charge < -0.3 is 0 Å². The molecule has 0 atom stereocenters. The van der Waals surface area contributed by atoms with Crippen LogP contribution in [0.2, 0.25) is 0 Å². The summed E-state index contributed by atoms with van der Waals surface area (Å²) in [5, 5.41) is 10.8. The Balaban J connectivity index is 2.60. The van der Waals surface area contributed by atoms with E-state index in [4.69, 9.17) is 4.42 Å². The summed E-state index contributed by atoms with van der Waals surface area (Å²) < 4.78 is 6.38. The SMILES string of the molecule is [Li][c]1ccc2oc3ccccc3c2c1C(=O)O. The van der Waals surface area contributed by atoms with E-state index in [0.29, 0.717) is 16.5 Å². The monoisotopic (exact) mass is 218 g/mol. The number of benzene rings is 2. The van der Waals surface area contributed by atoms with Crippen LogP contribution < -0.4 is 4.24 Å². The van der Waals surface area contributed by atoms with Crippen LogP contribution in [-0.2, 0) is 0 Å². The van der Waals surface area contributed by atoms with Crippen molar-refractivity contribution in [1.29, 1.82) is 0 Å². The number of aromatic carboxylic acids is 1. The third-order valence-electron chi connectivity index (χ3n) is 2.97. The van der Waals surface area contributed by atoms with Crippen LogP contribution in [-0.4, -0.2) is 28.8 Å². The molecular weight excluding hydrogens is 211 g/mol. The molecule has 0 spiro atoms. The van der Waals surface area contributed by atoms with E-state index in [9.17, 15) is 9.90 Å². The standard InChI is InChI=1S/C13H7O3.Li/c14-13(15)9-5-3-7-11-12(9)8-4-1-2-6-10(8)16-11;/h1-4,6-7H,(H,14,15);. The molecule has 4 heteroatoms. The van der Waals surface area contributed by atoms with Crippen molar-refractivity contribution < 1.29 is 14.3 Å². The normalized spacial score (nSPS) is 11.2. The summed E-state index contributed by atoms with van der Waals surface area (Å²) in [5.74, 6) is -0.917. The Kier molecular flexibility index (Phi) is 2.25. The van der Waals surface area contributed by atoms with Gasteiger partial charge in [0.15, 0.2) is 0 Å². The van der Waals surface area contributed by atoms with E-state index in [0.717, 1.165) is 15.2 Å². The molecule has 0 unspecified atom stereocenters. The molecule has 0 fully saturated rings. The van der Waals surface area contributed by atoms with Crippen LogP contribution in [0.3, 0.4) is 0 Å². The molecule has 0 aliphatic rings. The Morgan fingerprint density at radius 3 is 2.65 bits per heavy atom. The first kappa shape index (κ1) is 10.5. The van der Waals surface area contributed by atoms with Crippen LogP contribution in [0.1, 0.15) is 10.4 Å². The molecule has 2 aromatic carbocycles. The van der Waals surface area contributed by atoms with E-state index in [1.807, 2.05) is 30.3 Å². The van der Waals surface area contributed by atoms with Crippen molar-refractivity contribution in [2.24, 2.45) is 0 Å². The minimum absolute atomic E-state index is 0.326. The summed E-state index contributed by atoms with van der Waals surface area (Å²) in [5.41, 5.74) is 1.66. The number of para-hydroxylation sites is 1. The molecule has 0 aliphatic heterocycles. The molecule has 0 saturated carbocycles. The first-order valence-corrected chi connectivity index (χ1v) is 5.32. The molecule has 1 N–H and O–H groups in total. The molecule has 1 heterocycles. The second-order valence-corrected chi connectivity index (χ2v) is 4.03. The number of fused-ring (bicyclic) bond motifs is 3. The van der Waals surface area contributed by atoms with E-state index in [-0.39, 0.29) is 0 Å². The fourth-order valence-corrected chi connectivity index (χ4v) is 2.20. The molecule has 0 radical (unpaired) electrons. The van der Waals surface area contributed by atoms with Gasteiger partial charge in [0.25, 0.3) is 0 Å². The van der Waals surface area contributed by atoms with Crippen molar-refractivity contribution >= 4 is 49.9 Å². The Labute approximate surface area is 106 Å². The van der Waals surface area contributed by atoms with Crippen LogP contribution in [0.5, 0.6) is 0 Å². The molecular formula is C13H7LiO3. The second kappa shape index (κ2) is 3.66. The van der Waals surface area contributed by atoms with E-state index >= 15 is 0 Å². The van der Waals surface area contributed by atoms with Gasteiger partial charge in [0.1, 0.15) is 0 Å². The summed E-state index contributed by atoms with van der Waals surface area (Å²) in [6.45, 7) is 0. The van der Waals surface area contributed by atoms with Crippen LogP contribution >= 0.6 is 0 Å². The maximum atomic E-state index is 11.3. The summed E-state index contributed by atoms with van der Waals surface area (Å²) in [6, 6.07) is 11.1. The van der Waals surface area contributed by atoms with Crippen molar-refractivity contribution in [2.75, 3.05) is 0 Å². The number of hydrogen-bond donors (Lipinski definition) is 1. The van der Waals surface area contributed by atoms with Crippen LogP contribution in [0.4, 0.5) is 0 Å². The first-order valence-electron chi connectivity index (χ1n) is 5.32. The maximum absolute atomic E-state index is 11.3. The van der Waals surface area contributed by atoms with Gasteiger partial charge in [-0.2, -0.15) is 0 Å². The molecule has 3 aromatic rings. The van der Waals surface area contributed by atoms with Gasteiger partial charge in [-0.15, -0.1) is 0 Å². The third-order valence-corrected chi connectivity index (χ3v) is 2.97. The number of furan rings is 1. The van der Waals surface area contributed by atoms with E-state index in [2.05, 4.69) is 0 Å². The Morgan fingerprint density at radius 1 is 1.12 bits per heavy atom. The summed E-state index contributed by atoms with van der Waals surface area (Å²) >= 11 is 1.80. The van der Waals surface area contributed by atoms with Gasteiger partial charge in [-0.25, -0.2) is 0 Å². The van der Waals surface area contributed by atoms with Gasteiger partial charge in [0.05, 0.1) is 0 Å². The fourth-order valence-electron chi connectivity index (χ4n) is 2.20. The Morgan fingerprint density at radius 2 is 1.88 bits per heavy atom. The van der Waals surface area contributed by atoms with Gasteiger partial charge in [-0.1, -0.05) is 0 Å². The number of rotatable bonds is 1. The van der Waals surface area contributed by atoms with Crippen molar-refractivity contribution in [3.63, 3.8) is 0 Å². The Bertz CT molecular complexity index is 743. The molecule has 0 bridgehead atoms. The summed E-state index contributed by atoms with van der Waals surface area (Å²) in [4.78, 5) is 11.3. The van der Waals surface area contributed by atoms with E-state index in [1.165, 1.54) is 0 Å². The second-order valence-electron chi connectivity index (χ2n) is 4.03. The summed E-state index contributed by atoms with van der Waals surface area (Å²) in [7, 11) is 0. The van der Waals surface area contributed by atoms with Crippen molar-refractivity contribution in [1.82, 2.24) is 0 Å². The molecule has 0 amide bonds. The third kappa shape index (κ3) is 1.48. The number of carbonyl (C=O) groups is 1. The molecule has 3 rings (SSSR count). The van der Waals surface area contributed by atoms with Gasteiger partial charge in [-0.05, 0) is 0 Å². The first-order chi connectivity index (χ1) is 8.18.